The first-order valence-electron chi connectivity index (χ1n) is 8.53. The summed E-state index contributed by atoms with van der Waals surface area (Å²) in [5, 5.41) is 9.64. The number of aliphatic carboxylic acids is 1. The SMILES string of the molecule is C=C(C)C[C@H]1N(Cc2ccccc2)C(=O)[C@@H]2[C@H](C(=O)O)[C@H]3C=C[C@]21O3. The topological polar surface area (TPSA) is 66.8 Å². The average Bonchev–Trinajstić information content (AvgIpc) is 3.20. The molecule has 0 saturated carbocycles. The predicted octanol–water partition coefficient (Wildman–Crippen LogP) is 2.39. The first-order valence-corrected chi connectivity index (χ1v) is 8.53. The molecule has 1 spiro atoms. The molecule has 1 aromatic carbocycles. The molecule has 0 unspecified atom stereocenters. The zero-order valence-electron chi connectivity index (χ0n) is 14.1. The molecule has 1 N–H and O–H groups in total. The van der Waals surface area contributed by atoms with Gasteiger partial charge in [0.05, 0.1) is 18.1 Å². The van der Waals surface area contributed by atoms with Gasteiger partial charge in [0.1, 0.15) is 11.5 Å². The van der Waals surface area contributed by atoms with E-state index in [1.165, 1.54) is 0 Å². The van der Waals surface area contributed by atoms with E-state index in [9.17, 15) is 14.7 Å². The molecule has 0 aromatic heterocycles. The Balaban J connectivity index is 1.74. The summed E-state index contributed by atoms with van der Waals surface area (Å²) in [7, 11) is 0. The summed E-state index contributed by atoms with van der Waals surface area (Å²) in [6, 6.07) is 9.52. The Kier molecular flexibility index (Phi) is 3.58. The number of likely N-dealkylation sites (tertiary alicyclic amines) is 1. The Hall–Kier alpha value is -2.40. The molecule has 5 heteroatoms. The molecule has 25 heavy (non-hydrogen) atoms. The molecule has 3 aliphatic rings. The van der Waals surface area contributed by atoms with Crippen LogP contribution in [-0.4, -0.2) is 39.6 Å². The zero-order valence-corrected chi connectivity index (χ0v) is 14.1. The smallest absolute Gasteiger partial charge is 0.310 e. The lowest BCUT2D eigenvalue weighted by Gasteiger charge is -2.33. The highest BCUT2D eigenvalue weighted by Crippen LogP contribution is 2.56. The molecule has 3 aliphatic heterocycles. The van der Waals surface area contributed by atoms with Gasteiger partial charge in [0, 0.05) is 6.54 Å². The summed E-state index contributed by atoms with van der Waals surface area (Å²) >= 11 is 0. The molecule has 4 rings (SSSR count). The number of hydrogen-bond donors (Lipinski definition) is 1. The number of benzene rings is 1. The minimum Gasteiger partial charge on any atom is -0.481 e. The molecule has 1 amide bonds. The van der Waals surface area contributed by atoms with Crippen molar-refractivity contribution in [3.05, 3.63) is 60.2 Å². The maximum atomic E-state index is 13.2. The summed E-state index contributed by atoms with van der Waals surface area (Å²) in [4.78, 5) is 26.8. The van der Waals surface area contributed by atoms with Crippen molar-refractivity contribution in [1.82, 2.24) is 4.90 Å². The summed E-state index contributed by atoms with van der Waals surface area (Å²) in [6.45, 7) is 6.37. The Morgan fingerprint density at radius 1 is 1.36 bits per heavy atom. The number of hydrogen-bond acceptors (Lipinski definition) is 3. The van der Waals surface area contributed by atoms with Gasteiger partial charge in [0.2, 0.25) is 5.91 Å². The predicted molar refractivity (Wildman–Crippen MR) is 91.6 cm³/mol. The number of nitrogens with zero attached hydrogens (tertiary/aromatic N) is 1. The highest BCUT2D eigenvalue weighted by atomic mass is 16.5. The summed E-state index contributed by atoms with van der Waals surface area (Å²) in [6.07, 6.45) is 3.80. The van der Waals surface area contributed by atoms with E-state index in [-0.39, 0.29) is 11.9 Å². The van der Waals surface area contributed by atoms with Crippen molar-refractivity contribution in [3.8, 4) is 0 Å². The summed E-state index contributed by atoms with van der Waals surface area (Å²) < 4.78 is 6.11. The van der Waals surface area contributed by atoms with Gasteiger partial charge in [-0.05, 0) is 18.9 Å². The number of fused-ring (bicyclic) bond motifs is 1. The van der Waals surface area contributed by atoms with Crippen LogP contribution < -0.4 is 0 Å². The first kappa shape index (κ1) is 16.1. The second-order valence-electron chi connectivity index (χ2n) is 7.27. The van der Waals surface area contributed by atoms with Crippen LogP contribution in [0.1, 0.15) is 18.9 Å². The normalized spacial score (nSPS) is 35.2. The van der Waals surface area contributed by atoms with Crippen molar-refractivity contribution >= 4 is 11.9 Å². The van der Waals surface area contributed by atoms with Gasteiger partial charge in [0.15, 0.2) is 0 Å². The summed E-state index contributed by atoms with van der Waals surface area (Å²) in [5.74, 6) is -2.57. The molecule has 5 nitrogen and oxygen atoms in total. The lowest BCUT2D eigenvalue weighted by atomic mass is 9.74. The van der Waals surface area contributed by atoms with Gasteiger partial charge in [-0.25, -0.2) is 0 Å². The van der Waals surface area contributed by atoms with Crippen LogP contribution in [0.4, 0.5) is 0 Å². The van der Waals surface area contributed by atoms with E-state index in [1.807, 2.05) is 43.3 Å². The number of carbonyl (C=O) groups is 2. The maximum Gasteiger partial charge on any atom is 0.310 e. The Morgan fingerprint density at radius 3 is 2.72 bits per heavy atom. The molecule has 2 fully saturated rings. The van der Waals surface area contributed by atoms with Gasteiger partial charge in [-0.1, -0.05) is 48.1 Å². The number of carbonyl (C=O) groups excluding carboxylic acids is 1. The molecule has 0 aliphatic carbocycles. The van der Waals surface area contributed by atoms with Gasteiger partial charge in [-0.15, -0.1) is 6.58 Å². The third-order valence-electron chi connectivity index (χ3n) is 5.55. The number of ether oxygens (including phenoxy) is 1. The van der Waals surface area contributed by atoms with E-state index in [4.69, 9.17) is 4.74 Å². The summed E-state index contributed by atoms with van der Waals surface area (Å²) in [5.41, 5.74) is 1.12. The number of rotatable bonds is 5. The van der Waals surface area contributed by atoms with Crippen LogP contribution in [0.25, 0.3) is 0 Å². The third-order valence-corrected chi connectivity index (χ3v) is 5.55. The van der Waals surface area contributed by atoms with E-state index < -0.39 is 29.5 Å². The van der Waals surface area contributed by atoms with Crippen LogP contribution >= 0.6 is 0 Å². The van der Waals surface area contributed by atoms with Crippen LogP contribution in [0, 0.1) is 11.8 Å². The van der Waals surface area contributed by atoms with Crippen molar-refractivity contribution in [2.45, 2.75) is 37.6 Å². The fourth-order valence-electron chi connectivity index (χ4n) is 4.57. The molecule has 2 bridgehead atoms. The standard InChI is InChI=1S/C20H21NO4/c1-12(2)10-15-20-9-8-14(25-20)16(19(23)24)17(20)18(22)21(15)11-13-6-4-3-5-7-13/h3-9,14-17H,1,10-11H2,2H3,(H,23,24)/t14-,15-,16-,17+,20-/m1/s1. The van der Waals surface area contributed by atoms with E-state index in [0.717, 1.165) is 11.1 Å². The van der Waals surface area contributed by atoms with Crippen molar-refractivity contribution in [3.63, 3.8) is 0 Å². The second-order valence-corrected chi connectivity index (χ2v) is 7.27. The van der Waals surface area contributed by atoms with Gasteiger partial charge >= 0.3 is 5.97 Å². The maximum absolute atomic E-state index is 13.2. The minimum absolute atomic E-state index is 0.130. The number of carboxylic acid groups (broad SMARTS) is 1. The van der Waals surface area contributed by atoms with Crippen LogP contribution in [0.5, 0.6) is 0 Å². The molecule has 3 heterocycles. The molecule has 1 aromatic rings. The van der Waals surface area contributed by atoms with Crippen molar-refractivity contribution < 1.29 is 19.4 Å². The van der Waals surface area contributed by atoms with Gasteiger partial charge in [-0.2, -0.15) is 0 Å². The average molecular weight is 339 g/mol. The van der Waals surface area contributed by atoms with Crippen LogP contribution in [0.2, 0.25) is 0 Å². The van der Waals surface area contributed by atoms with E-state index >= 15 is 0 Å². The third kappa shape index (κ3) is 2.26. The number of carboxylic acids is 1. The quantitative estimate of drug-likeness (QED) is 0.837. The zero-order chi connectivity index (χ0) is 17.8. The fraction of sp³-hybridized carbons (Fsp3) is 0.400. The van der Waals surface area contributed by atoms with Crippen molar-refractivity contribution in [2.75, 3.05) is 0 Å². The van der Waals surface area contributed by atoms with Crippen LogP contribution in [-0.2, 0) is 20.9 Å². The van der Waals surface area contributed by atoms with Gasteiger partial charge in [-0.3, -0.25) is 9.59 Å². The minimum atomic E-state index is -0.967. The molecular weight excluding hydrogens is 318 g/mol. The fourth-order valence-corrected chi connectivity index (χ4v) is 4.57. The highest BCUT2D eigenvalue weighted by molar-refractivity contribution is 5.91. The van der Waals surface area contributed by atoms with Gasteiger partial charge in [0.25, 0.3) is 0 Å². The highest BCUT2D eigenvalue weighted by Gasteiger charge is 2.70. The van der Waals surface area contributed by atoms with Crippen molar-refractivity contribution in [1.29, 1.82) is 0 Å². The van der Waals surface area contributed by atoms with Crippen LogP contribution in [0.3, 0.4) is 0 Å². The lowest BCUT2D eigenvalue weighted by molar-refractivity contribution is -0.148. The van der Waals surface area contributed by atoms with E-state index in [0.29, 0.717) is 13.0 Å². The largest absolute Gasteiger partial charge is 0.481 e. The van der Waals surface area contributed by atoms with E-state index in [2.05, 4.69) is 6.58 Å². The molecule has 5 atom stereocenters. The van der Waals surface area contributed by atoms with Gasteiger partial charge < -0.3 is 14.7 Å². The molecule has 0 radical (unpaired) electrons. The second kappa shape index (κ2) is 5.56. The van der Waals surface area contributed by atoms with E-state index in [1.54, 1.807) is 11.0 Å². The lowest BCUT2D eigenvalue weighted by Crippen LogP contribution is -2.45. The Labute approximate surface area is 146 Å². The number of amides is 1. The Morgan fingerprint density at radius 2 is 2.08 bits per heavy atom. The Bertz CT molecular complexity index is 771. The molecular formula is C20H21NO4. The first-order chi connectivity index (χ1) is 11.9. The molecule has 130 valence electrons. The monoisotopic (exact) mass is 339 g/mol. The van der Waals surface area contributed by atoms with Crippen LogP contribution in [0.15, 0.2) is 54.6 Å². The molecule has 2 saturated heterocycles. The van der Waals surface area contributed by atoms with Crippen molar-refractivity contribution in [2.24, 2.45) is 11.8 Å².